The molecule has 3 aromatic rings. The Hall–Kier alpha value is -3.60. The molecule has 3 aromatic carbocycles. The third-order valence-corrected chi connectivity index (χ3v) is 7.56. The standard InChI is InChI=1S/C30H31NO4/c1-19-29-24(16-25-23-17-27-26(34-18-35-27)14-22(23)12-13-31(19)25)21(15-28(32-2)30(29)33-3)11-7-10-20-8-5-4-6-9-20/h4-6,8-9,14-17,19H,7,10-13,18H2,1-3H3/t19-/m1/s1. The summed E-state index contributed by atoms with van der Waals surface area (Å²) in [5, 5.41) is 0. The fourth-order valence-corrected chi connectivity index (χ4v) is 5.81. The Morgan fingerprint density at radius 2 is 1.77 bits per heavy atom. The van der Waals surface area contributed by atoms with Gasteiger partial charge in [-0.15, -0.1) is 0 Å². The molecule has 1 atom stereocenters. The van der Waals surface area contributed by atoms with Gasteiger partial charge in [0.15, 0.2) is 23.0 Å². The highest BCUT2D eigenvalue weighted by Gasteiger charge is 2.35. The first kappa shape index (κ1) is 21.9. The van der Waals surface area contributed by atoms with Gasteiger partial charge in [-0.3, -0.25) is 0 Å². The van der Waals surface area contributed by atoms with Gasteiger partial charge in [0.1, 0.15) is 0 Å². The first-order valence-corrected chi connectivity index (χ1v) is 12.4. The maximum absolute atomic E-state index is 5.93. The van der Waals surface area contributed by atoms with Crippen LogP contribution in [0, 0.1) is 0 Å². The van der Waals surface area contributed by atoms with Gasteiger partial charge in [-0.05, 0) is 79.1 Å². The largest absolute Gasteiger partial charge is 0.493 e. The van der Waals surface area contributed by atoms with Crippen molar-refractivity contribution in [2.45, 2.75) is 38.6 Å². The van der Waals surface area contributed by atoms with E-state index in [4.69, 9.17) is 18.9 Å². The number of fused-ring (bicyclic) bond motifs is 5. The molecule has 0 aromatic heterocycles. The predicted molar refractivity (Wildman–Crippen MR) is 137 cm³/mol. The maximum Gasteiger partial charge on any atom is 0.231 e. The fourth-order valence-electron chi connectivity index (χ4n) is 5.81. The summed E-state index contributed by atoms with van der Waals surface area (Å²) >= 11 is 0. The van der Waals surface area contributed by atoms with Crippen LogP contribution in [0.4, 0.5) is 0 Å². The maximum atomic E-state index is 5.93. The molecule has 0 fully saturated rings. The molecule has 5 heteroatoms. The zero-order valence-corrected chi connectivity index (χ0v) is 20.6. The lowest BCUT2D eigenvalue weighted by Gasteiger charge is -2.42. The minimum absolute atomic E-state index is 0.168. The molecule has 3 heterocycles. The molecule has 0 N–H and O–H groups in total. The minimum atomic E-state index is 0.168. The first-order chi connectivity index (χ1) is 17.2. The average Bonchev–Trinajstić information content (AvgIpc) is 3.35. The number of methoxy groups -OCH3 is 2. The van der Waals surface area contributed by atoms with E-state index in [0.29, 0.717) is 6.79 Å². The highest BCUT2D eigenvalue weighted by Crippen LogP contribution is 2.50. The van der Waals surface area contributed by atoms with Crippen LogP contribution in [0.25, 0.3) is 11.8 Å². The number of hydrogen-bond acceptors (Lipinski definition) is 5. The van der Waals surface area contributed by atoms with E-state index in [1.807, 2.05) is 0 Å². The molecule has 0 unspecified atom stereocenters. The van der Waals surface area contributed by atoms with Crippen molar-refractivity contribution in [3.63, 3.8) is 0 Å². The Morgan fingerprint density at radius 3 is 2.54 bits per heavy atom. The molecule has 0 spiro atoms. The summed E-state index contributed by atoms with van der Waals surface area (Å²) in [5.41, 5.74) is 8.97. The second-order valence-corrected chi connectivity index (χ2v) is 9.45. The van der Waals surface area contributed by atoms with Gasteiger partial charge in [0.05, 0.1) is 20.3 Å². The normalized spacial score (nSPS) is 17.3. The average molecular weight is 470 g/mol. The van der Waals surface area contributed by atoms with E-state index in [0.717, 1.165) is 55.2 Å². The molecule has 0 radical (unpaired) electrons. The fraction of sp³-hybridized carbons (Fsp3) is 0.333. The highest BCUT2D eigenvalue weighted by atomic mass is 16.7. The smallest absolute Gasteiger partial charge is 0.231 e. The third kappa shape index (κ3) is 3.70. The van der Waals surface area contributed by atoms with Crippen LogP contribution in [0.5, 0.6) is 23.0 Å². The van der Waals surface area contributed by atoms with Crippen LogP contribution in [0.2, 0.25) is 0 Å². The summed E-state index contributed by atoms with van der Waals surface area (Å²) < 4.78 is 23.1. The first-order valence-electron chi connectivity index (χ1n) is 12.4. The summed E-state index contributed by atoms with van der Waals surface area (Å²) in [6, 6.07) is 17.4. The molecule has 180 valence electrons. The number of rotatable bonds is 6. The molecule has 3 aliphatic rings. The second kappa shape index (κ2) is 8.88. The van der Waals surface area contributed by atoms with Crippen molar-refractivity contribution < 1.29 is 18.9 Å². The van der Waals surface area contributed by atoms with E-state index >= 15 is 0 Å². The van der Waals surface area contributed by atoms with E-state index in [1.165, 1.54) is 39.1 Å². The van der Waals surface area contributed by atoms with Gasteiger partial charge in [0.2, 0.25) is 6.79 Å². The number of benzene rings is 3. The molecule has 0 saturated heterocycles. The molecule has 35 heavy (non-hydrogen) atoms. The Balaban J connectivity index is 1.44. The van der Waals surface area contributed by atoms with E-state index in [2.05, 4.69) is 66.4 Å². The van der Waals surface area contributed by atoms with Gasteiger partial charge in [-0.25, -0.2) is 0 Å². The van der Waals surface area contributed by atoms with Gasteiger partial charge in [-0.2, -0.15) is 0 Å². The van der Waals surface area contributed by atoms with E-state index < -0.39 is 0 Å². The molecular weight excluding hydrogens is 438 g/mol. The van der Waals surface area contributed by atoms with Gasteiger partial charge >= 0.3 is 0 Å². The Kier molecular flexibility index (Phi) is 5.56. The molecule has 5 nitrogen and oxygen atoms in total. The van der Waals surface area contributed by atoms with Crippen LogP contribution in [-0.4, -0.2) is 32.5 Å². The summed E-state index contributed by atoms with van der Waals surface area (Å²) in [6.45, 7) is 3.52. The number of hydrogen-bond donors (Lipinski definition) is 0. The van der Waals surface area contributed by atoms with Crippen molar-refractivity contribution >= 4 is 11.8 Å². The van der Waals surface area contributed by atoms with Crippen LogP contribution in [0.3, 0.4) is 0 Å². The minimum Gasteiger partial charge on any atom is -0.493 e. The molecule has 0 amide bonds. The lowest BCUT2D eigenvalue weighted by molar-refractivity contribution is 0.174. The molecular formula is C30H31NO4. The van der Waals surface area contributed by atoms with Crippen LogP contribution in [0.1, 0.15) is 52.8 Å². The van der Waals surface area contributed by atoms with Crippen LogP contribution >= 0.6 is 0 Å². The van der Waals surface area contributed by atoms with Crippen LogP contribution in [0.15, 0.2) is 48.5 Å². The monoisotopic (exact) mass is 469 g/mol. The highest BCUT2D eigenvalue weighted by molar-refractivity contribution is 5.89. The van der Waals surface area contributed by atoms with Gasteiger partial charge in [0, 0.05) is 23.4 Å². The van der Waals surface area contributed by atoms with Crippen molar-refractivity contribution in [3.8, 4) is 23.0 Å². The van der Waals surface area contributed by atoms with Crippen molar-refractivity contribution in [2.24, 2.45) is 0 Å². The zero-order valence-electron chi connectivity index (χ0n) is 20.6. The predicted octanol–water partition coefficient (Wildman–Crippen LogP) is 6.04. The van der Waals surface area contributed by atoms with Gasteiger partial charge in [-0.1, -0.05) is 30.3 Å². The number of aryl methyl sites for hydroxylation is 2. The van der Waals surface area contributed by atoms with E-state index in [-0.39, 0.29) is 6.04 Å². The van der Waals surface area contributed by atoms with E-state index in [9.17, 15) is 0 Å². The quantitative estimate of drug-likeness (QED) is 0.440. The Bertz CT molecular complexity index is 1300. The lowest BCUT2D eigenvalue weighted by atomic mass is 9.83. The van der Waals surface area contributed by atoms with Crippen LogP contribution < -0.4 is 18.9 Å². The molecule has 0 bridgehead atoms. The second-order valence-electron chi connectivity index (χ2n) is 9.45. The summed E-state index contributed by atoms with van der Waals surface area (Å²) in [7, 11) is 3.47. The van der Waals surface area contributed by atoms with E-state index in [1.54, 1.807) is 14.2 Å². The van der Waals surface area contributed by atoms with Crippen molar-refractivity contribution in [3.05, 3.63) is 81.9 Å². The Morgan fingerprint density at radius 1 is 0.971 bits per heavy atom. The van der Waals surface area contributed by atoms with Crippen molar-refractivity contribution in [1.82, 2.24) is 4.90 Å². The summed E-state index contributed by atoms with van der Waals surface area (Å²) in [4.78, 5) is 2.49. The topological polar surface area (TPSA) is 40.2 Å². The lowest BCUT2D eigenvalue weighted by Crippen LogP contribution is -2.34. The molecule has 0 aliphatic carbocycles. The van der Waals surface area contributed by atoms with Crippen molar-refractivity contribution in [1.29, 1.82) is 0 Å². The zero-order chi connectivity index (χ0) is 23.9. The van der Waals surface area contributed by atoms with Crippen molar-refractivity contribution in [2.75, 3.05) is 27.6 Å². The van der Waals surface area contributed by atoms with Crippen LogP contribution in [-0.2, 0) is 19.3 Å². The number of nitrogens with zero attached hydrogens (tertiary/aromatic N) is 1. The third-order valence-electron chi connectivity index (χ3n) is 7.56. The molecule has 3 aliphatic heterocycles. The molecule has 0 saturated carbocycles. The Labute approximate surface area is 206 Å². The SMILES string of the molecule is COc1cc(CCCc2ccccc2)c2c(c1OC)[C@@H](C)N1CCc3cc4c(cc3C1=C2)OCO4. The summed E-state index contributed by atoms with van der Waals surface area (Å²) in [6.07, 6.45) is 6.42. The summed E-state index contributed by atoms with van der Waals surface area (Å²) in [5.74, 6) is 3.34. The van der Waals surface area contributed by atoms with Gasteiger partial charge < -0.3 is 23.8 Å². The molecule has 6 rings (SSSR count). The van der Waals surface area contributed by atoms with Gasteiger partial charge in [0.25, 0.3) is 0 Å². The number of ether oxygens (including phenoxy) is 4.